The van der Waals surface area contributed by atoms with Gasteiger partial charge in [0.05, 0.1) is 7.11 Å². The van der Waals surface area contributed by atoms with Crippen molar-refractivity contribution in [1.29, 1.82) is 0 Å². The quantitative estimate of drug-likeness (QED) is 0.538. The molecule has 4 nitrogen and oxygen atoms in total. The molecule has 1 aliphatic carbocycles. The highest BCUT2D eigenvalue weighted by Gasteiger charge is 2.28. The van der Waals surface area contributed by atoms with Crippen molar-refractivity contribution in [3.63, 3.8) is 0 Å². The van der Waals surface area contributed by atoms with E-state index in [1.807, 2.05) is 19.1 Å². The lowest BCUT2D eigenvalue weighted by atomic mass is 10.0. The van der Waals surface area contributed by atoms with Crippen LogP contribution in [0.15, 0.2) is 36.4 Å². The highest BCUT2D eigenvalue weighted by atomic mass is 16.7. The van der Waals surface area contributed by atoms with Crippen molar-refractivity contribution in [2.75, 3.05) is 7.11 Å². The molecule has 2 aromatic rings. The molecule has 0 saturated heterocycles. The van der Waals surface area contributed by atoms with Gasteiger partial charge in [-0.25, -0.2) is 4.79 Å². The molecule has 3 rings (SSSR count). The zero-order valence-electron chi connectivity index (χ0n) is 15.0. The van der Waals surface area contributed by atoms with Gasteiger partial charge in [0.25, 0.3) is 0 Å². The first kappa shape index (κ1) is 17.3. The van der Waals surface area contributed by atoms with Crippen molar-refractivity contribution >= 4 is 6.16 Å². The van der Waals surface area contributed by atoms with E-state index in [2.05, 4.69) is 29.9 Å². The van der Waals surface area contributed by atoms with Crippen LogP contribution in [0, 0.1) is 6.92 Å². The topological polar surface area (TPSA) is 44.8 Å². The van der Waals surface area contributed by atoms with Crippen molar-refractivity contribution < 1.29 is 19.0 Å². The summed E-state index contributed by atoms with van der Waals surface area (Å²) >= 11 is 0. The molecule has 2 aromatic carbocycles. The van der Waals surface area contributed by atoms with Crippen molar-refractivity contribution in [3.8, 4) is 11.5 Å². The average molecular weight is 340 g/mol. The third-order valence-electron chi connectivity index (χ3n) is 4.57. The monoisotopic (exact) mass is 340 g/mol. The fraction of sp³-hybridized carbons (Fsp3) is 0.381. The van der Waals surface area contributed by atoms with Crippen LogP contribution in [0.25, 0.3) is 0 Å². The Morgan fingerprint density at radius 3 is 2.60 bits per heavy atom. The maximum Gasteiger partial charge on any atom is 0.513 e. The Balaban J connectivity index is 1.84. The molecule has 0 aliphatic heterocycles. The lowest BCUT2D eigenvalue weighted by Gasteiger charge is -2.16. The second-order valence-corrected chi connectivity index (χ2v) is 6.40. The van der Waals surface area contributed by atoms with Crippen LogP contribution >= 0.6 is 0 Å². The zero-order valence-corrected chi connectivity index (χ0v) is 15.0. The molecule has 25 heavy (non-hydrogen) atoms. The summed E-state index contributed by atoms with van der Waals surface area (Å²) < 4.78 is 16.0. The first-order valence-electron chi connectivity index (χ1n) is 8.72. The molecule has 132 valence electrons. The van der Waals surface area contributed by atoms with Crippen molar-refractivity contribution in [2.45, 2.75) is 45.6 Å². The summed E-state index contributed by atoms with van der Waals surface area (Å²) in [6.45, 7) is 4.55. The lowest BCUT2D eigenvalue weighted by molar-refractivity contribution is 0.120. The van der Waals surface area contributed by atoms with Crippen LogP contribution in [-0.2, 0) is 17.8 Å². The molecule has 1 aliphatic rings. The molecule has 0 aromatic heterocycles. The standard InChI is InChI=1S/C21H24O4/c1-4-15-8-11-19(14(2)12-15)24-13-18-17(16-9-10-16)6-5-7-20(18)25-21(22)23-3/h5-8,11-12,16H,4,9-10,13H2,1-3H3. The highest BCUT2D eigenvalue weighted by molar-refractivity contribution is 5.65. The van der Waals surface area contributed by atoms with E-state index in [4.69, 9.17) is 9.47 Å². The van der Waals surface area contributed by atoms with Gasteiger partial charge in [-0.15, -0.1) is 0 Å². The van der Waals surface area contributed by atoms with Gasteiger partial charge in [0.1, 0.15) is 18.1 Å². The van der Waals surface area contributed by atoms with Gasteiger partial charge in [-0.05, 0) is 60.9 Å². The minimum absolute atomic E-state index is 0.366. The van der Waals surface area contributed by atoms with E-state index in [1.54, 1.807) is 6.07 Å². The van der Waals surface area contributed by atoms with Gasteiger partial charge < -0.3 is 14.2 Å². The van der Waals surface area contributed by atoms with Gasteiger partial charge in [-0.2, -0.15) is 0 Å². The third kappa shape index (κ3) is 4.13. The number of aryl methyl sites for hydroxylation is 2. The largest absolute Gasteiger partial charge is 0.513 e. The minimum atomic E-state index is -0.710. The molecule has 4 heteroatoms. The third-order valence-corrected chi connectivity index (χ3v) is 4.57. The van der Waals surface area contributed by atoms with E-state index >= 15 is 0 Å². The number of carbonyl (C=O) groups excluding carboxylic acids is 1. The summed E-state index contributed by atoms with van der Waals surface area (Å²) in [5.41, 5.74) is 4.52. The summed E-state index contributed by atoms with van der Waals surface area (Å²) in [4.78, 5) is 11.5. The minimum Gasteiger partial charge on any atom is -0.488 e. The number of methoxy groups -OCH3 is 1. The van der Waals surface area contributed by atoms with Crippen LogP contribution in [0.2, 0.25) is 0 Å². The summed E-state index contributed by atoms with van der Waals surface area (Å²) in [5.74, 6) is 1.90. The Morgan fingerprint density at radius 2 is 1.96 bits per heavy atom. The van der Waals surface area contributed by atoms with Crippen LogP contribution in [-0.4, -0.2) is 13.3 Å². The number of carbonyl (C=O) groups is 1. The molecule has 0 heterocycles. The highest BCUT2D eigenvalue weighted by Crippen LogP contribution is 2.44. The molecular formula is C21H24O4. The van der Waals surface area contributed by atoms with Crippen molar-refractivity contribution in [1.82, 2.24) is 0 Å². The summed E-state index contributed by atoms with van der Waals surface area (Å²) in [7, 11) is 1.31. The Kier molecular flexibility index (Phi) is 5.27. The van der Waals surface area contributed by atoms with Gasteiger partial charge >= 0.3 is 6.16 Å². The number of hydrogen-bond acceptors (Lipinski definition) is 4. The van der Waals surface area contributed by atoms with E-state index in [0.29, 0.717) is 18.3 Å². The molecule has 0 unspecified atom stereocenters. The predicted octanol–water partition coefficient (Wildman–Crippen LogP) is 5.16. The maximum atomic E-state index is 11.5. The Labute approximate surface area is 148 Å². The fourth-order valence-corrected chi connectivity index (χ4v) is 2.98. The summed E-state index contributed by atoms with van der Waals surface area (Å²) in [6, 6.07) is 12.0. The van der Waals surface area contributed by atoms with Gasteiger partial charge in [0.15, 0.2) is 0 Å². The second kappa shape index (κ2) is 7.60. The molecule has 1 fully saturated rings. The van der Waals surface area contributed by atoms with Gasteiger partial charge in [0, 0.05) is 5.56 Å². The van der Waals surface area contributed by atoms with E-state index in [9.17, 15) is 4.79 Å². The van der Waals surface area contributed by atoms with Crippen LogP contribution < -0.4 is 9.47 Å². The Morgan fingerprint density at radius 1 is 1.16 bits per heavy atom. The Bertz CT molecular complexity index is 762. The van der Waals surface area contributed by atoms with Crippen LogP contribution in [0.4, 0.5) is 4.79 Å². The van der Waals surface area contributed by atoms with Gasteiger partial charge in [0.2, 0.25) is 0 Å². The van der Waals surface area contributed by atoms with E-state index in [1.165, 1.54) is 31.1 Å². The van der Waals surface area contributed by atoms with Crippen LogP contribution in [0.5, 0.6) is 11.5 Å². The van der Waals surface area contributed by atoms with Crippen LogP contribution in [0.3, 0.4) is 0 Å². The SMILES string of the molecule is CCc1ccc(OCc2c(OC(=O)OC)cccc2C2CC2)c(C)c1. The molecule has 1 saturated carbocycles. The molecule has 0 amide bonds. The number of hydrogen-bond donors (Lipinski definition) is 0. The lowest BCUT2D eigenvalue weighted by Crippen LogP contribution is -2.11. The molecule has 0 bridgehead atoms. The molecule has 0 radical (unpaired) electrons. The molecule has 0 atom stereocenters. The average Bonchev–Trinajstić information content (AvgIpc) is 3.46. The maximum absolute atomic E-state index is 11.5. The number of benzene rings is 2. The summed E-state index contributed by atoms with van der Waals surface area (Å²) in [6.07, 6.45) is 2.62. The number of ether oxygens (including phenoxy) is 3. The van der Waals surface area contributed by atoms with Crippen LogP contribution in [0.1, 0.15) is 47.9 Å². The molecular weight excluding hydrogens is 316 g/mol. The Hall–Kier alpha value is -2.49. The molecule has 0 spiro atoms. The van der Waals surface area contributed by atoms with Gasteiger partial charge in [-0.3, -0.25) is 0 Å². The first-order chi connectivity index (χ1) is 12.1. The zero-order chi connectivity index (χ0) is 17.8. The first-order valence-corrected chi connectivity index (χ1v) is 8.72. The predicted molar refractivity (Wildman–Crippen MR) is 96.3 cm³/mol. The van der Waals surface area contributed by atoms with Crippen molar-refractivity contribution in [3.05, 3.63) is 58.7 Å². The molecule has 0 N–H and O–H groups in total. The summed E-state index contributed by atoms with van der Waals surface area (Å²) in [5, 5.41) is 0. The smallest absolute Gasteiger partial charge is 0.488 e. The van der Waals surface area contributed by atoms with E-state index < -0.39 is 6.16 Å². The van der Waals surface area contributed by atoms with E-state index in [0.717, 1.165) is 23.3 Å². The fourth-order valence-electron chi connectivity index (χ4n) is 2.98. The second-order valence-electron chi connectivity index (χ2n) is 6.40. The number of rotatable bonds is 6. The normalized spacial score (nSPS) is 13.4. The van der Waals surface area contributed by atoms with Crippen molar-refractivity contribution in [2.24, 2.45) is 0 Å². The van der Waals surface area contributed by atoms with Gasteiger partial charge in [-0.1, -0.05) is 31.2 Å². The van der Waals surface area contributed by atoms with E-state index in [-0.39, 0.29) is 0 Å².